The molecular weight excluding hydrogens is 164 g/mol. The first kappa shape index (κ1) is 11.5. The van der Waals surface area contributed by atoms with Gasteiger partial charge in [-0.2, -0.15) is 0 Å². The largest absolute Gasteiger partial charge is 0.390 e. The van der Waals surface area contributed by atoms with E-state index in [0.29, 0.717) is 13.0 Å². The number of rotatable bonds is 6. The van der Waals surface area contributed by atoms with E-state index in [-0.39, 0.29) is 0 Å². The standard InChI is InChI=1S/C8H15F2NO/c1-7(2)3-4-11-5-8(9,10)6-12/h11-12H,1,3-6H2,2H3. The van der Waals surface area contributed by atoms with Crippen LogP contribution in [0.5, 0.6) is 0 Å². The smallest absolute Gasteiger partial charge is 0.282 e. The lowest BCUT2D eigenvalue weighted by Gasteiger charge is -2.13. The fourth-order valence-electron chi connectivity index (χ4n) is 0.629. The van der Waals surface area contributed by atoms with Gasteiger partial charge in [0.1, 0.15) is 6.61 Å². The normalized spacial score (nSPS) is 11.7. The van der Waals surface area contributed by atoms with Gasteiger partial charge in [0.2, 0.25) is 0 Å². The minimum absolute atomic E-state index is 0.475. The summed E-state index contributed by atoms with van der Waals surface area (Å²) in [7, 11) is 0. The van der Waals surface area contributed by atoms with Gasteiger partial charge in [-0.15, -0.1) is 6.58 Å². The van der Waals surface area contributed by atoms with Crippen LogP contribution in [-0.2, 0) is 0 Å². The van der Waals surface area contributed by atoms with Crippen LogP contribution in [-0.4, -0.2) is 30.7 Å². The molecule has 12 heavy (non-hydrogen) atoms. The minimum atomic E-state index is -3.00. The average molecular weight is 179 g/mol. The van der Waals surface area contributed by atoms with Crippen molar-refractivity contribution in [1.82, 2.24) is 5.32 Å². The van der Waals surface area contributed by atoms with E-state index < -0.39 is 19.1 Å². The SMILES string of the molecule is C=C(C)CCNCC(F)(F)CO. The van der Waals surface area contributed by atoms with E-state index in [2.05, 4.69) is 11.9 Å². The van der Waals surface area contributed by atoms with Gasteiger partial charge in [-0.1, -0.05) is 5.57 Å². The molecule has 0 heterocycles. The maximum atomic E-state index is 12.3. The van der Waals surface area contributed by atoms with Crippen molar-refractivity contribution in [1.29, 1.82) is 0 Å². The highest BCUT2D eigenvalue weighted by Gasteiger charge is 2.26. The van der Waals surface area contributed by atoms with Crippen LogP contribution < -0.4 is 5.32 Å². The molecule has 4 heteroatoms. The van der Waals surface area contributed by atoms with Crippen molar-refractivity contribution >= 4 is 0 Å². The van der Waals surface area contributed by atoms with Gasteiger partial charge in [-0.25, -0.2) is 8.78 Å². The van der Waals surface area contributed by atoms with Gasteiger partial charge in [0.05, 0.1) is 6.54 Å². The van der Waals surface area contributed by atoms with E-state index in [0.717, 1.165) is 5.57 Å². The zero-order valence-electron chi connectivity index (χ0n) is 7.24. The molecule has 0 bridgehead atoms. The predicted molar refractivity (Wildman–Crippen MR) is 44.3 cm³/mol. The van der Waals surface area contributed by atoms with Gasteiger partial charge >= 0.3 is 0 Å². The molecule has 0 aliphatic carbocycles. The van der Waals surface area contributed by atoms with Crippen LogP contribution in [0, 0.1) is 0 Å². The maximum absolute atomic E-state index is 12.3. The summed E-state index contributed by atoms with van der Waals surface area (Å²) in [5.41, 5.74) is 0.954. The van der Waals surface area contributed by atoms with Crippen molar-refractivity contribution in [2.24, 2.45) is 0 Å². The summed E-state index contributed by atoms with van der Waals surface area (Å²) in [6, 6.07) is 0. The van der Waals surface area contributed by atoms with Crippen molar-refractivity contribution in [3.63, 3.8) is 0 Å². The maximum Gasteiger partial charge on any atom is 0.282 e. The second-order valence-electron chi connectivity index (χ2n) is 2.90. The number of hydrogen-bond acceptors (Lipinski definition) is 2. The zero-order valence-corrected chi connectivity index (χ0v) is 7.24. The Bertz CT molecular complexity index is 148. The number of alkyl halides is 2. The van der Waals surface area contributed by atoms with E-state index in [1.54, 1.807) is 0 Å². The highest BCUT2D eigenvalue weighted by atomic mass is 19.3. The summed E-state index contributed by atoms with van der Waals surface area (Å²) >= 11 is 0. The van der Waals surface area contributed by atoms with E-state index in [1.165, 1.54) is 0 Å². The first-order chi connectivity index (χ1) is 5.48. The number of aliphatic hydroxyl groups excluding tert-OH is 1. The average Bonchev–Trinajstić information content (AvgIpc) is 1.98. The second kappa shape index (κ2) is 5.22. The molecule has 0 unspecified atom stereocenters. The summed E-state index contributed by atoms with van der Waals surface area (Å²) in [4.78, 5) is 0. The Morgan fingerprint density at radius 3 is 2.58 bits per heavy atom. The van der Waals surface area contributed by atoms with E-state index >= 15 is 0 Å². The van der Waals surface area contributed by atoms with Crippen LogP contribution in [0.1, 0.15) is 13.3 Å². The second-order valence-corrected chi connectivity index (χ2v) is 2.90. The molecule has 0 saturated carbocycles. The number of hydrogen-bond donors (Lipinski definition) is 2. The first-order valence-corrected chi connectivity index (χ1v) is 3.82. The van der Waals surface area contributed by atoms with Gasteiger partial charge in [0, 0.05) is 0 Å². The first-order valence-electron chi connectivity index (χ1n) is 3.82. The van der Waals surface area contributed by atoms with Gasteiger partial charge in [-0.3, -0.25) is 0 Å². The Morgan fingerprint density at radius 1 is 1.58 bits per heavy atom. The van der Waals surface area contributed by atoms with Gasteiger partial charge in [0.15, 0.2) is 0 Å². The number of halogens is 2. The molecule has 0 atom stereocenters. The van der Waals surface area contributed by atoms with Gasteiger partial charge in [-0.05, 0) is 19.9 Å². The van der Waals surface area contributed by atoms with Gasteiger partial charge in [0.25, 0.3) is 5.92 Å². The molecule has 0 saturated heterocycles. The lowest BCUT2D eigenvalue weighted by atomic mass is 10.2. The van der Waals surface area contributed by atoms with Crippen molar-refractivity contribution < 1.29 is 13.9 Å². The molecule has 0 radical (unpaired) electrons. The highest BCUT2D eigenvalue weighted by Crippen LogP contribution is 2.09. The molecule has 0 fully saturated rings. The molecule has 2 N–H and O–H groups in total. The van der Waals surface area contributed by atoms with E-state index in [9.17, 15) is 8.78 Å². The zero-order chi connectivity index (χ0) is 9.61. The summed E-state index contributed by atoms with van der Waals surface area (Å²) in [5, 5.41) is 10.7. The topological polar surface area (TPSA) is 32.3 Å². The quantitative estimate of drug-likeness (QED) is 0.474. The van der Waals surface area contributed by atoms with Crippen molar-refractivity contribution in [3.8, 4) is 0 Å². The molecule has 2 nitrogen and oxygen atoms in total. The van der Waals surface area contributed by atoms with Crippen LogP contribution >= 0.6 is 0 Å². The van der Waals surface area contributed by atoms with Crippen LogP contribution in [0.3, 0.4) is 0 Å². The lowest BCUT2D eigenvalue weighted by molar-refractivity contribution is -0.0473. The molecule has 72 valence electrons. The van der Waals surface area contributed by atoms with Crippen LogP contribution in [0.2, 0.25) is 0 Å². The monoisotopic (exact) mass is 179 g/mol. The van der Waals surface area contributed by atoms with Crippen molar-refractivity contribution in [2.75, 3.05) is 19.7 Å². The van der Waals surface area contributed by atoms with Crippen molar-refractivity contribution in [2.45, 2.75) is 19.3 Å². The lowest BCUT2D eigenvalue weighted by Crippen LogP contribution is -2.36. The van der Waals surface area contributed by atoms with Crippen LogP contribution in [0.4, 0.5) is 8.78 Å². The molecule has 0 aliphatic heterocycles. The van der Waals surface area contributed by atoms with Gasteiger partial charge < -0.3 is 10.4 Å². The van der Waals surface area contributed by atoms with Crippen molar-refractivity contribution in [3.05, 3.63) is 12.2 Å². The Kier molecular flexibility index (Phi) is 5.01. The van der Waals surface area contributed by atoms with Crippen LogP contribution in [0.25, 0.3) is 0 Å². The third kappa shape index (κ3) is 6.24. The fourth-order valence-corrected chi connectivity index (χ4v) is 0.629. The molecule has 0 aromatic carbocycles. The number of aliphatic hydroxyl groups is 1. The predicted octanol–water partition coefficient (Wildman–Crippen LogP) is 1.17. The molecule has 0 aromatic heterocycles. The molecule has 0 rings (SSSR count). The Labute approximate surface area is 71.3 Å². The molecule has 0 amide bonds. The third-order valence-corrected chi connectivity index (χ3v) is 1.34. The molecule has 0 aromatic rings. The summed E-state index contributed by atoms with van der Waals surface area (Å²) in [5.74, 6) is -3.00. The van der Waals surface area contributed by atoms with E-state index in [4.69, 9.17) is 5.11 Å². The summed E-state index contributed by atoms with van der Waals surface area (Å²) < 4.78 is 24.7. The third-order valence-electron chi connectivity index (χ3n) is 1.34. The minimum Gasteiger partial charge on any atom is -0.390 e. The highest BCUT2D eigenvalue weighted by molar-refractivity contribution is 4.88. The summed E-state index contributed by atoms with van der Waals surface area (Å²) in [6.45, 7) is 4.37. The number of nitrogens with one attached hydrogen (secondary N) is 1. The van der Waals surface area contributed by atoms with Crippen LogP contribution in [0.15, 0.2) is 12.2 Å². The summed E-state index contributed by atoms with van der Waals surface area (Å²) in [6.07, 6.45) is 0.682. The fraction of sp³-hybridized carbons (Fsp3) is 0.750. The molecule has 0 aliphatic rings. The Morgan fingerprint density at radius 2 is 2.17 bits per heavy atom. The Balaban J connectivity index is 3.37. The Hall–Kier alpha value is -0.480. The molecule has 0 spiro atoms. The molecular formula is C8H15F2NO. The van der Waals surface area contributed by atoms with E-state index in [1.807, 2.05) is 6.92 Å².